The van der Waals surface area contributed by atoms with E-state index in [1.54, 1.807) is 26.0 Å². The summed E-state index contributed by atoms with van der Waals surface area (Å²) in [6, 6.07) is 5.64. The molecule has 1 N–H and O–H groups in total. The Morgan fingerprint density at radius 2 is 1.67 bits per heavy atom. The van der Waals surface area contributed by atoms with E-state index in [9.17, 15) is 21.6 Å². The molecule has 0 amide bonds. The second-order valence-electron chi connectivity index (χ2n) is 9.07. The predicted octanol–water partition coefficient (Wildman–Crippen LogP) is 3.85. The number of anilines is 2. The first-order valence-corrected chi connectivity index (χ1v) is 12.9. The minimum Gasteiger partial charge on any atom is -0.324 e. The summed E-state index contributed by atoms with van der Waals surface area (Å²) in [6.45, 7) is 6.28. The Hall–Kier alpha value is -3.03. The SMILES string of the molecule is CC(C)n1c(-c2nc(Nc3ccc(S(=O)(=O)N4CCN(C)CC4)cc3)ncc2F)cnc1C(C)(F)F. The molecule has 0 radical (unpaired) electrons. The van der Waals surface area contributed by atoms with Crippen molar-refractivity contribution in [3.63, 3.8) is 0 Å². The van der Waals surface area contributed by atoms with Crippen LogP contribution in [0.3, 0.4) is 0 Å². The maximum absolute atomic E-state index is 14.7. The zero-order chi connectivity index (χ0) is 26.3. The molecule has 0 atom stereocenters. The maximum Gasteiger partial charge on any atom is 0.302 e. The number of alkyl halides is 2. The first-order valence-electron chi connectivity index (χ1n) is 11.4. The first kappa shape index (κ1) is 26.0. The highest BCUT2D eigenvalue weighted by molar-refractivity contribution is 7.89. The standard InChI is InChI=1S/C23H28F3N7O2S/c1-15(2)33-19(14-27-21(33)23(3,25)26)20-18(24)13-28-22(30-20)29-16-5-7-17(8-6-16)36(34,35)32-11-9-31(4)10-12-32/h5-8,13-15H,9-12H2,1-4H3,(H,28,29,30). The molecule has 0 bridgehead atoms. The van der Waals surface area contributed by atoms with Crippen molar-refractivity contribution in [2.75, 3.05) is 38.5 Å². The number of halogens is 3. The molecule has 1 saturated heterocycles. The first-order chi connectivity index (χ1) is 16.9. The highest BCUT2D eigenvalue weighted by atomic mass is 32.2. The number of rotatable bonds is 7. The molecule has 9 nitrogen and oxygen atoms in total. The van der Waals surface area contributed by atoms with Gasteiger partial charge in [-0.05, 0) is 45.2 Å². The Morgan fingerprint density at radius 1 is 1.03 bits per heavy atom. The third-order valence-corrected chi connectivity index (χ3v) is 7.82. The van der Waals surface area contributed by atoms with Crippen molar-refractivity contribution in [3.05, 3.63) is 48.3 Å². The van der Waals surface area contributed by atoms with Crippen LogP contribution < -0.4 is 5.32 Å². The number of aromatic nitrogens is 4. The van der Waals surface area contributed by atoms with Crippen LogP contribution in [0.1, 0.15) is 32.6 Å². The van der Waals surface area contributed by atoms with Crippen LogP contribution in [-0.2, 0) is 15.9 Å². The van der Waals surface area contributed by atoms with E-state index in [-0.39, 0.29) is 22.2 Å². The average molecular weight is 524 g/mol. The van der Waals surface area contributed by atoms with Gasteiger partial charge in [-0.15, -0.1) is 0 Å². The van der Waals surface area contributed by atoms with Crippen LogP contribution >= 0.6 is 0 Å². The molecule has 3 aromatic rings. The lowest BCUT2D eigenvalue weighted by Gasteiger charge is -2.31. The Bertz CT molecular complexity index is 1330. The van der Waals surface area contributed by atoms with Crippen LogP contribution in [0, 0.1) is 5.82 Å². The molecule has 1 aliphatic heterocycles. The summed E-state index contributed by atoms with van der Waals surface area (Å²) in [5.41, 5.74) is 0.389. The molecule has 13 heteroatoms. The van der Waals surface area contributed by atoms with E-state index in [4.69, 9.17) is 0 Å². The van der Waals surface area contributed by atoms with Crippen LogP contribution in [0.15, 0.2) is 41.6 Å². The number of imidazole rings is 1. The summed E-state index contributed by atoms with van der Waals surface area (Å²) in [5.74, 6) is -4.49. The summed E-state index contributed by atoms with van der Waals surface area (Å²) < 4.78 is 71.3. The maximum atomic E-state index is 14.7. The average Bonchev–Trinajstić information content (AvgIpc) is 3.27. The van der Waals surface area contributed by atoms with Crippen molar-refractivity contribution < 1.29 is 21.6 Å². The van der Waals surface area contributed by atoms with Crippen molar-refractivity contribution in [1.82, 2.24) is 28.7 Å². The highest BCUT2D eigenvalue weighted by Gasteiger charge is 2.33. The van der Waals surface area contributed by atoms with E-state index in [0.29, 0.717) is 31.9 Å². The van der Waals surface area contributed by atoms with Gasteiger partial charge < -0.3 is 14.8 Å². The van der Waals surface area contributed by atoms with Crippen molar-refractivity contribution >= 4 is 21.7 Å². The predicted molar refractivity (Wildman–Crippen MR) is 129 cm³/mol. The van der Waals surface area contributed by atoms with E-state index in [2.05, 4.69) is 25.2 Å². The largest absolute Gasteiger partial charge is 0.324 e. The van der Waals surface area contributed by atoms with E-state index in [0.717, 1.165) is 13.1 Å². The minimum atomic E-state index is -3.62. The zero-order valence-corrected chi connectivity index (χ0v) is 21.2. The van der Waals surface area contributed by atoms with Crippen molar-refractivity contribution in [2.24, 2.45) is 0 Å². The van der Waals surface area contributed by atoms with Crippen LogP contribution in [0.4, 0.5) is 24.8 Å². The summed E-state index contributed by atoms with van der Waals surface area (Å²) >= 11 is 0. The van der Waals surface area contributed by atoms with Crippen LogP contribution in [0.2, 0.25) is 0 Å². The van der Waals surface area contributed by atoms with Crippen molar-refractivity contribution in [2.45, 2.75) is 37.6 Å². The third kappa shape index (κ3) is 5.22. The van der Waals surface area contributed by atoms with E-state index < -0.39 is 33.6 Å². The Morgan fingerprint density at radius 3 is 2.25 bits per heavy atom. The monoisotopic (exact) mass is 523 g/mol. The van der Waals surface area contributed by atoms with Crippen LogP contribution in [0.5, 0.6) is 0 Å². The number of hydrogen-bond acceptors (Lipinski definition) is 7. The van der Waals surface area contributed by atoms with Gasteiger partial charge in [-0.1, -0.05) is 0 Å². The van der Waals surface area contributed by atoms with Gasteiger partial charge in [0.2, 0.25) is 16.0 Å². The molecule has 0 aliphatic carbocycles. The fourth-order valence-corrected chi connectivity index (χ4v) is 5.43. The van der Waals surface area contributed by atoms with Gasteiger partial charge in [0.25, 0.3) is 0 Å². The van der Waals surface area contributed by atoms with Crippen LogP contribution in [0.25, 0.3) is 11.4 Å². The van der Waals surface area contributed by atoms with Crippen molar-refractivity contribution in [3.8, 4) is 11.4 Å². The second-order valence-corrected chi connectivity index (χ2v) is 11.0. The van der Waals surface area contributed by atoms with Gasteiger partial charge >= 0.3 is 5.92 Å². The fraction of sp³-hybridized carbons (Fsp3) is 0.435. The van der Waals surface area contributed by atoms with Gasteiger partial charge in [-0.3, -0.25) is 0 Å². The molecule has 3 heterocycles. The van der Waals surface area contributed by atoms with Gasteiger partial charge in [0, 0.05) is 44.8 Å². The molecular weight excluding hydrogens is 495 g/mol. The van der Waals surface area contributed by atoms with E-state index in [1.807, 2.05) is 7.05 Å². The molecule has 1 aliphatic rings. The molecule has 194 valence electrons. The Balaban J connectivity index is 1.59. The smallest absolute Gasteiger partial charge is 0.302 e. The summed E-state index contributed by atoms with van der Waals surface area (Å²) in [5, 5.41) is 2.91. The van der Waals surface area contributed by atoms with Gasteiger partial charge in [-0.2, -0.15) is 13.1 Å². The molecule has 0 saturated carbocycles. The van der Waals surface area contributed by atoms with Crippen LogP contribution in [-0.4, -0.2) is 70.4 Å². The quantitative estimate of drug-likeness (QED) is 0.503. The topological polar surface area (TPSA) is 96.2 Å². The van der Waals surface area contributed by atoms with E-state index in [1.165, 1.54) is 27.2 Å². The summed E-state index contributed by atoms with van der Waals surface area (Å²) in [7, 11) is -1.67. The third-order valence-electron chi connectivity index (χ3n) is 5.90. The van der Waals surface area contributed by atoms with Crippen molar-refractivity contribution in [1.29, 1.82) is 0 Å². The minimum absolute atomic E-state index is 0.0161. The number of benzene rings is 1. The number of hydrogen-bond donors (Lipinski definition) is 1. The van der Waals surface area contributed by atoms with Gasteiger partial charge in [0.1, 0.15) is 5.69 Å². The highest BCUT2D eigenvalue weighted by Crippen LogP contribution is 2.33. The molecule has 0 unspecified atom stereocenters. The molecule has 36 heavy (non-hydrogen) atoms. The molecule has 1 aromatic carbocycles. The lowest BCUT2D eigenvalue weighted by Crippen LogP contribution is -2.46. The Labute approximate surface area is 208 Å². The summed E-state index contributed by atoms with van der Waals surface area (Å²) in [6.07, 6.45) is 2.11. The molecular formula is C23H28F3N7O2S. The van der Waals surface area contributed by atoms with Gasteiger partial charge in [0.15, 0.2) is 11.6 Å². The van der Waals surface area contributed by atoms with Gasteiger partial charge in [0.05, 0.1) is 23.0 Å². The van der Waals surface area contributed by atoms with Gasteiger partial charge in [-0.25, -0.2) is 27.8 Å². The zero-order valence-electron chi connectivity index (χ0n) is 20.4. The molecule has 1 fully saturated rings. The number of nitrogens with zero attached hydrogens (tertiary/aromatic N) is 6. The normalized spacial score (nSPS) is 16.0. The number of likely N-dealkylation sites (N-methyl/N-ethyl adjacent to an activating group) is 1. The molecule has 0 spiro atoms. The number of piperazine rings is 1. The number of sulfonamides is 1. The van der Waals surface area contributed by atoms with E-state index >= 15 is 0 Å². The lowest BCUT2D eigenvalue weighted by molar-refractivity contribution is 0.00328. The number of nitrogens with one attached hydrogen (secondary N) is 1. The molecule has 4 rings (SSSR count). The second kappa shape index (κ2) is 9.79. The lowest BCUT2D eigenvalue weighted by atomic mass is 10.2. The summed E-state index contributed by atoms with van der Waals surface area (Å²) in [4.78, 5) is 14.2. The Kier molecular flexibility index (Phi) is 7.08. The fourth-order valence-electron chi connectivity index (χ4n) is 4.01. The molecule has 2 aromatic heterocycles.